The van der Waals surface area contributed by atoms with Crippen molar-refractivity contribution in [1.82, 2.24) is 0 Å². The molecule has 6 heteroatoms. The third kappa shape index (κ3) is 3.56. The van der Waals surface area contributed by atoms with E-state index < -0.39 is 10.0 Å². The highest BCUT2D eigenvalue weighted by Gasteiger charge is 2.33. The van der Waals surface area contributed by atoms with Crippen molar-refractivity contribution in [3.05, 3.63) is 96.6 Å². The van der Waals surface area contributed by atoms with Crippen LogP contribution in [0.4, 0.5) is 11.4 Å². The molecule has 4 aromatic rings. The van der Waals surface area contributed by atoms with E-state index in [9.17, 15) is 8.42 Å². The summed E-state index contributed by atoms with van der Waals surface area (Å²) in [4.78, 5) is 2.54. The summed E-state index contributed by atoms with van der Waals surface area (Å²) in [6, 6.07) is 28.8. The van der Waals surface area contributed by atoms with E-state index in [1.54, 1.807) is 19.2 Å². The average Bonchev–Trinajstić information content (AvgIpc) is 2.84. The fourth-order valence-corrected chi connectivity index (χ4v) is 5.99. The molecule has 162 valence electrons. The van der Waals surface area contributed by atoms with Crippen LogP contribution in [0.25, 0.3) is 10.8 Å². The van der Waals surface area contributed by atoms with Crippen LogP contribution in [0.3, 0.4) is 0 Å². The number of rotatable bonds is 5. The first-order valence-corrected chi connectivity index (χ1v) is 12.0. The number of nitrogens with zero attached hydrogens (tertiary/aromatic N) is 2. The van der Waals surface area contributed by atoms with E-state index in [1.807, 2.05) is 66.7 Å². The summed E-state index contributed by atoms with van der Waals surface area (Å²) < 4.78 is 34.7. The van der Waals surface area contributed by atoms with Crippen LogP contribution in [0.2, 0.25) is 0 Å². The van der Waals surface area contributed by atoms with E-state index >= 15 is 0 Å². The zero-order valence-electron chi connectivity index (χ0n) is 17.8. The van der Waals surface area contributed by atoms with Gasteiger partial charge in [0.15, 0.2) is 0 Å². The maximum atomic E-state index is 13.9. The normalized spacial score (nSPS) is 13.8. The summed E-state index contributed by atoms with van der Waals surface area (Å²) in [5.74, 6) is 0.700. The van der Waals surface area contributed by atoms with Crippen LogP contribution >= 0.6 is 0 Å². The van der Waals surface area contributed by atoms with Crippen LogP contribution in [0.1, 0.15) is 5.56 Å². The standard InChI is InChI=1S/C26H24N2O3S/c1-31-22-14-15-24-25(18-22)27(19-20-8-3-2-4-9-20)16-17-28(24)32(29,30)26-13-7-11-21-10-5-6-12-23(21)26/h2-15,18H,16-17,19H2,1H3. The van der Waals surface area contributed by atoms with Gasteiger partial charge in [0.1, 0.15) is 5.75 Å². The van der Waals surface area contributed by atoms with E-state index in [1.165, 1.54) is 9.87 Å². The topological polar surface area (TPSA) is 49.9 Å². The first-order valence-electron chi connectivity index (χ1n) is 10.6. The first kappa shape index (κ1) is 20.4. The second kappa shape index (κ2) is 8.20. The molecule has 32 heavy (non-hydrogen) atoms. The first-order chi connectivity index (χ1) is 15.6. The van der Waals surface area contributed by atoms with Gasteiger partial charge in [-0.1, -0.05) is 66.7 Å². The molecular formula is C26H24N2O3S. The largest absolute Gasteiger partial charge is 0.497 e. The number of sulfonamides is 1. The van der Waals surface area contributed by atoms with Crippen molar-refractivity contribution in [3.8, 4) is 5.75 Å². The summed E-state index contributed by atoms with van der Waals surface area (Å²) in [5.41, 5.74) is 2.69. The van der Waals surface area contributed by atoms with Gasteiger partial charge < -0.3 is 9.64 Å². The highest BCUT2D eigenvalue weighted by Crippen LogP contribution is 2.40. The third-order valence-electron chi connectivity index (χ3n) is 5.90. The molecule has 0 fully saturated rings. The Morgan fingerprint density at radius 1 is 0.812 bits per heavy atom. The lowest BCUT2D eigenvalue weighted by Gasteiger charge is -2.38. The highest BCUT2D eigenvalue weighted by molar-refractivity contribution is 7.93. The summed E-state index contributed by atoms with van der Waals surface area (Å²) >= 11 is 0. The van der Waals surface area contributed by atoms with Crippen molar-refractivity contribution in [2.45, 2.75) is 11.4 Å². The lowest BCUT2D eigenvalue weighted by molar-refractivity contribution is 0.414. The molecule has 0 aromatic heterocycles. The minimum Gasteiger partial charge on any atom is -0.497 e. The van der Waals surface area contributed by atoms with Gasteiger partial charge >= 0.3 is 0 Å². The zero-order chi connectivity index (χ0) is 22.1. The smallest absolute Gasteiger partial charge is 0.265 e. The van der Waals surface area contributed by atoms with Crippen molar-refractivity contribution in [2.24, 2.45) is 0 Å². The molecule has 1 heterocycles. The Morgan fingerprint density at radius 3 is 2.38 bits per heavy atom. The molecule has 0 amide bonds. The number of fused-ring (bicyclic) bond motifs is 2. The summed E-state index contributed by atoms with van der Waals surface area (Å²) in [5, 5.41) is 1.64. The van der Waals surface area contributed by atoms with Gasteiger partial charge in [0, 0.05) is 24.5 Å². The minimum absolute atomic E-state index is 0.328. The van der Waals surface area contributed by atoms with Gasteiger partial charge in [-0.25, -0.2) is 8.42 Å². The zero-order valence-corrected chi connectivity index (χ0v) is 18.6. The molecule has 0 unspecified atom stereocenters. The van der Waals surface area contributed by atoms with Crippen LogP contribution in [-0.2, 0) is 16.6 Å². The molecule has 5 rings (SSSR count). The van der Waals surface area contributed by atoms with Gasteiger partial charge in [-0.05, 0) is 29.1 Å². The fourth-order valence-electron chi connectivity index (χ4n) is 4.30. The molecule has 0 aliphatic carbocycles. The Kier molecular flexibility index (Phi) is 5.23. The van der Waals surface area contributed by atoms with Crippen molar-refractivity contribution >= 4 is 32.2 Å². The Labute approximate surface area is 188 Å². The molecule has 0 N–H and O–H groups in total. The number of methoxy groups -OCH3 is 1. The average molecular weight is 445 g/mol. The van der Waals surface area contributed by atoms with Crippen LogP contribution in [0, 0.1) is 0 Å². The molecule has 0 radical (unpaired) electrons. The van der Waals surface area contributed by atoms with Crippen LogP contribution in [-0.4, -0.2) is 28.6 Å². The molecule has 0 saturated heterocycles. The second-order valence-corrected chi connectivity index (χ2v) is 9.65. The number of hydrogen-bond donors (Lipinski definition) is 0. The van der Waals surface area contributed by atoms with Crippen molar-refractivity contribution in [1.29, 1.82) is 0 Å². The highest BCUT2D eigenvalue weighted by atomic mass is 32.2. The predicted molar refractivity (Wildman–Crippen MR) is 129 cm³/mol. The molecule has 0 spiro atoms. The third-order valence-corrected chi connectivity index (χ3v) is 7.77. The fraction of sp³-hybridized carbons (Fsp3) is 0.154. The van der Waals surface area contributed by atoms with Crippen LogP contribution in [0.5, 0.6) is 5.75 Å². The number of anilines is 2. The quantitative estimate of drug-likeness (QED) is 0.432. The lowest BCUT2D eigenvalue weighted by Crippen LogP contribution is -2.43. The van der Waals surface area contributed by atoms with Crippen molar-refractivity contribution in [2.75, 3.05) is 29.4 Å². The van der Waals surface area contributed by atoms with E-state index in [0.717, 1.165) is 16.5 Å². The molecule has 5 nitrogen and oxygen atoms in total. The number of hydrogen-bond acceptors (Lipinski definition) is 4. The van der Waals surface area contributed by atoms with E-state index in [2.05, 4.69) is 17.0 Å². The Bertz CT molecular complexity index is 1370. The SMILES string of the molecule is COc1ccc2c(c1)N(Cc1ccccc1)CCN2S(=O)(=O)c1cccc2ccccc12. The number of ether oxygens (including phenoxy) is 1. The maximum Gasteiger partial charge on any atom is 0.265 e. The molecule has 1 aliphatic heterocycles. The van der Waals surface area contributed by atoms with Gasteiger partial charge in [0.25, 0.3) is 10.0 Å². The molecule has 0 atom stereocenters. The molecule has 1 aliphatic rings. The minimum atomic E-state index is -3.75. The Balaban J connectivity index is 1.60. The second-order valence-electron chi connectivity index (χ2n) is 7.82. The van der Waals surface area contributed by atoms with Crippen molar-refractivity contribution in [3.63, 3.8) is 0 Å². The maximum absolute atomic E-state index is 13.9. The molecule has 0 bridgehead atoms. The molecular weight excluding hydrogens is 420 g/mol. The van der Waals surface area contributed by atoms with E-state index in [-0.39, 0.29) is 0 Å². The lowest BCUT2D eigenvalue weighted by atomic mass is 10.1. The summed E-state index contributed by atoms with van der Waals surface area (Å²) in [6.45, 7) is 1.65. The Morgan fingerprint density at radius 2 is 1.56 bits per heavy atom. The molecule has 0 saturated carbocycles. The molecule has 4 aromatic carbocycles. The van der Waals surface area contributed by atoms with Gasteiger partial charge in [-0.15, -0.1) is 0 Å². The van der Waals surface area contributed by atoms with Gasteiger partial charge in [0.2, 0.25) is 0 Å². The predicted octanol–water partition coefficient (Wildman–Crippen LogP) is 5.06. The summed E-state index contributed by atoms with van der Waals surface area (Å²) in [6.07, 6.45) is 0. The van der Waals surface area contributed by atoms with Crippen LogP contribution < -0.4 is 13.9 Å². The van der Waals surface area contributed by atoms with Gasteiger partial charge in [-0.3, -0.25) is 4.31 Å². The summed E-state index contributed by atoms with van der Waals surface area (Å²) in [7, 11) is -2.13. The van der Waals surface area contributed by atoms with Crippen LogP contribution in [0.15, 0.2) is 95.9 Å². The van der Waals surface area contributed by atoms with E-state index in [0.29, 0.717) is 36.0 Å². The number of benzene rings is 4. The monoisotopic (exact) mass is 444 g/mol. The van der Waals surface area contributed by atoms with Crippen molar-refractivity contribution < 1.29 is 13.2 Å². The van der Waals surface area contributed by atoms with Gasteiger partial charge in [-0.2, -0.15) is 0 Å². The van der Waals surface area contributed by atoms with E-state index in [4.69, 9.17) is 4.74 Å². The Hall–Kier alpha value is -3.51. The van der Waals surface area contributed by atoms with Gasteiger partial charge in [0.05, 0.1) is 29.9 Å².